The number of carbonyl (C=O) groups is 1. The van der Waals surface area contributed by atoms with E-state index in [1.165, 1.54) is 0 Å². The van der Waals surface area contributed by atoms with E-state index in [1.54, 1.807) is 24.4 Å². The smallest absolute Gasteiger partial charge is 0.258 e. The Hall–Kier alpha value is -2.37. The molecule has 1 amide bonds. The molecule has 1 aliphatic rings. The average Bonchev–Trinajstić information content (AvgIpc) is 3.18. The third kappa shape index (κ3) is 5.58. The number of benzene rings is 2. The van der Waals surface area contributed by atoms with E-state index in [0.717, 1.165) is 30.7 Å². The Morgan fingerprint density at radius 3 is 2.81 bits per heavy atom. The van der Waals surface area contributed by atoms with Crippen LogP contribution in [0.3, 0.4) is 0 Å². The van der Waals surface area contributed by atoms with Gasteiger partial charge in [-0.3, -0.25) is 9.79 Å². The van der Waals surface area contributed by atoms with E-state index < -0.39 is 0 Å². The van der Waals surface area contributed by atoms with Crippen LogP contribution in [0.2, 0.25) is 5.02 Å². The number of ether oxygens (including phenoxy) is 2. The second-order valence-corrected chi connectivity index (χ2v) is 6.41. The first-order valence-electron chi connectivity index (χ1n) is 8.60. The fourth-order valence-corrected chi connectivity index (χ4v) is 2.77. The van der Waals surface area contributed by atoms with Gasteiger partial charge in [0.05, 0.1) is 16.8 Å². The molecule has 0 unspecified atom stereocenters. The minimum Gasteiger partial charge on any atom is -0.484 e. The molecular weight excluding hydrogens is 352 g/mol. The third-order valence-electron chi connectivity index (χ3n) is 4.01. The number of halogens is 1. The van der Waals surface area contributed by atoms with Crippen molar-refractivity contribution in [1.29, 1.82) is 0 Å². The summed E-state index contributed by atoms with van der Waals surface area (Å²) in [5.41, 5.74) is 1.64. The number of aliphatic imine (C=N–C) groups is 1. The number of carbonyl (C=O) groups excluding carboxylic acids is 1. The lowest BCUT2D eigenvalue weighted by molar-refractivity contribution is -0.123. The van der Waals surface area contributed by atoms with Gasteiger partial charge in [0.2, 0.25) is 0 Å². The van der Waals surface area contributed by atoms with Gasteiger partial charge in [-0.05, 0) is 54.8 Å². The van der Waals surface area contributed by atoms with Gasteiger partial charge in [0, 0.05) is 19.4 Å². The summed E-state index contributed by atoms with van der Waals surface area (Å²) in [6, 6.07) is 14.8. The standard InChI is InChI=1S/C20H21ClN2O3/c21-18-5-1-2-6-19(18)22-12-15-7-9-16(10-8-15)26-14-20(24)23-13-17-4-3-11-25-17/h1-2,5-10,12,17H,3-4,11,13-14H2,(H,23,24)/t17-/m0/s1. The Bertz CT molecular complexity index is 756. The molecule has 26 heavy (non-hydrogen) atoms. The second-order valence-electron chi connectivity index (χ2n) is 6.01. The zero-order valence-electron chi connectivity index (χ0n) is 14.4. The molecule has 1 fully saturated rings. The summed E-state index contributed by atoms with van der Waals surface area (Å²) >= 11 is 6.07. The molecule has 1 atom stereocenters. The van der Waals surface area contributed by atoms with Gasteiger partial charge in [0.15, 0.2) is 6.61 Å². The van der Waals surface area contributed by atoms with Crippen LogP contribution in [0.4, 0.5) is 5.69 Å². The molecule has 0 spiro atoms. The molecule has 6 heteroatoms. The minimum atomic E-state index is -0.148. The Morgan fingerprint density at radius 2 is 2.08 bits per heavy atom. The summed E-state index contributed by atoms with van der Waals surface area (Å²) in [7, 11) is 0. The normalized spacial score (nSPS) is 16.7. The lowest BCUT2D eigenvalue weighted by atomic mass is 10.2. The van der Waals surface area contributed by atoms with E-state index in [1.807, 2.05) is 30.3 Å². The molecule has 2 aromatic rings. The van der Waals surface area contributed by atoms with Crippen molar-refractivity contribution in [2.45, 2.75) is 18.9 Å². The van der Waals surface area contributed by atoms with Gasteiger partial charge in [-0.2, -0.15) is 0 Å². The fourth-order valence-electron chi connectivity index (χ4n) is 2.58. The van der Waals surface area contributed by atoms with Crippen LogP contribution in [0.5, 0.6) is 5.75 Å². The lowest BCUT2D eigenvalue weighted by Gasteiger charge is -2.11. The van der Waals surface area contributed by atoms with Crippen LogP contribution in [0.1, 0.15) is 18.4 Å². The van der Waals surface area contributed by atoms with Crippen LogP contribution in [-0.2, 0) is 9.53 Å². The van der Waals surface area contributed by atoms with Crippen molar-refractivity contribution in [3.63, 3.8) is 0 Å². The molecule has 5 nitrogen and oxygen atoms in total. The molecule has 1 heterocycles. The summed E-state index contributed by atoms with van der Waals surface area (Å²) < 4.78 is 11.0. The predicted molar refractivity (Wildman–Crippen MR) is 103 cm³/mol. The van der Waals surface area contributed by atoms with Crippen LogP contribution >= 0.6 is 11.6 Å². The summed E-state index contributed by atoms with van der Waals surface area (Å²) in [4.78, 5) is 16.2. The van der Waals surface area contributed by atoms with Crippen LogP contribution in [-0.4, -0.2) is 38.0 Å². The van der Waals surface area contributed by atoms with Crippen molar-refractivity contribution in [1.82, 2.24) is 5.32 Å². The van der Waals surface area contributed by atoms with Gasteiger partial charge in [0.1, 0.15) is 5.75 Å². The first-order valence-corrected chi connectivity index (χ1v) is 8.98. The number of hydrogen-bond acceptors (Lipinski definition) is 4. The highest BCUT2D eigenvalue weighted by Crippen LogP contribution is 2.23. The van der Waals surface area contributed by atoms with Crippen LogP contribution in [0.15, 0.2) is 53.5 Å². The van der Waals surface area contributed by atoms with Crippen molar-refractivity contribution >= 4 is 29.4 Å². The van der Waals surface area contributed by atoms with E-state index in [-0.39, 0.29) is 18.6 Å². The topological polar surface area (TPSA) is 59.9 Å². The molecule has 0 saturated carbocycles. The molecule has 1 aliphatic heterocycles. The number of nitrogens with one attached hydrogen (secondary N) is 1. The van der Waals surface area contributed by atoms with Crippen LogP contribution < -0.4 is 10.1 Å². The maximum absolute atomic E-state index is 11.8. The zero-order valence-corrected chi connectivity index (χ0v) is 15.1. The summed E-state index contributed by atoms with van der Waals surface area (Å²) in [5, 5.41) is 3.44. The molecular formula is C20H21ClN2O3. The molecule has 136 valence electrons. The molecule has 0 aliphatic carbocycles. The largest absolute Gasteiger partial charge is 0.484 e. The number of para-hydroxylation sites is 1. The predicted octanol–water partition coefficient (Wildman–Crippen LogP) is 3.76. The van der Waals surface area contributed by atoms with E-state index in [0.29, 0.717) is 17.3 Å². The van der Waals surface area contributed by atoms with Crippen molar-refractivity contribution < 1.29 is 14.3 Å². The molecule has 0 aromatic heterocycles. The second kappa shape index (κ2) is 9.36. The summed E-state index contributed by atoms with van der Waals surface area (Å²) in [6.45, 7) is 1.31. The monoisotopic (exact) mass is 372 g/mol. The van der Waals surface area contributed by atoms with Gasteiger partial charge >= 0.3 is 0 Å². The van der Waals surface area contributed by atoms with Gasteiger partial charge in [-0.15, -0.1) is 0 Å². The van der Waals surface area contributed by atoms with Crippen molar-refractivity contribution in [2.75, 3.05) is 19.8 Å². The van der Waals surface area contributed by atoms with Gasteiger partial charge in [-0.1, -0.05) is 23.7 Å². The summed E-state index contributed by atoms with van der Waals surface area (Å²) in [5.74, 6) is 0.483. The Labute approximate surface area is 158 Å². The average molecular weight is 373 g/mol. The highest BCUT2D eigenvalue weighted by Gasteiger charge is 2.16. The number of hydrogen-bond donors (Lipinski definition) is 1. The van der Waals surface area contributed by atoms with Gasteiger partial charge in [0.25, 0.3) is 5.91 Å². The number of rotatable bonds is 7. The van der Waals surface area contributed by atoms with E-state index in [2.05, 4.69) is 10.3 Å². The highest BCUT2D eigenvalue weighted by atomic mass is 35.5. The van der Waals surface area contributed by atoms with Crippen LogP contribution in [0, 0.1) is 0 Å². The Kier molecular flexibility index (Phi) is 6.63. The Balaban J connectivity index is 1.45. The first-order chi connectivity index (χ1) is 12.7. The summed E-state index contributed by atoms with van der Waals surface area (Å²) in [6.07, 6.45) is 3.93. The molecule has 3 rings (SSSR count). The third-order valence-corrected chi connectivity index (χ3v) is 4.33. The Morgan fingerprint density at radius 1 is 1.27 bits per heavy atom. The maximum Gasteiger partial charge on any atom is 0.258 e. The fraction of sp³-hybridized carbons (Fsp3) is 0.300. The number of nitrogens with zero attached hydrogens (tertiary/aromatic N) is 1. The van der Waals surface area contributed by atoms with Crippen molar-refractivity contribution in [2.24, 2.45) is 4.99 Å². The molecule has 0 bridgehead atoms. The molecule has 0 radical (unpaired) electrons. The van der Waals surface area contributed by atoms with E-state index in [9.17, 15) is 4.79 Å². The van der Waals surface area contributed by atoms with E-state index >= 15 is 0 Å². The SMILES string of the molecule is O=C(COc1ccc(C=Nc2ccccc2Cl)cc1)NC[C@@H]1CCCO1. The van der Waals surface area contributed by atoms with Crippen molar-refractivity contribution in [3.05, 3.63) is 59.1 Å². The first kappa shape index (κ1) is 18.4. The highest BCUT2D eigenvalue weighted by molar-refractivity contribution is 6.33. The maximum atomic E-state index is 11.8. The van der Waals surface area contributed by atoms with Gasteiger partial charge < -0.3 is 14.8 Å². The van der Waals surface area contributed by atoms with E-state index in [4.69, 9.17) is 21.1 Å². The minimum absolute atomic E-state index is 0.0141. The zero-order chi connectivity index (χ0) is 18.2. The lowest BCUT2D eigenvalue weighted by Crippen LogP contribution is -2.35. The number of amides is 1. The van der Waals surface area contributed by atoms with Crippen LogP contribution in [0.25, 0.3) is 0 Å². The molecule has 1 saturated heterocycles. The quantitative estimate of drug-likeness (QED) is 0.753. The molecule has 1 N–H and O–H groups in total. The van der Waals surface area contributed by atoms with Gasteiger partial charge in [-0.25, -0.2) is 0 Å². The van der Waals surface area contributed by atoms with Crippen molar-refractivity contribution in [3.8, 4) is 5.75 Å². The molecule has 2 aromatic carbocycles.